The van der Waals surface area contributed by atoms with Crippen molar-refractivity contribution in [2.75, 3.05) is 10.6 Å². The van der Waals surface area contributed by atoms with Crippen LogP contribution < -0.4 is 10.6 Å². The van der Waals surface area contributed by atoms with Gasteiger partial charge in [-0.3, -0.25) is 9.59 Å². The van der Waals surface area contributed by atoms with Gasteiger partial charge in [-0.25, -0.2) is 0 Å². The smallest absolute Gasteiger partial charge is 0.231 e. The topological polar surface area (TPSA) is 58.2 Å². The Labute approximate surface area is 148 Å². The molecule has 0 spiro atoms. The van der Waals surface area contributed by atoms with Crippen molar-refractivity contribution >= 4 is 23.2 Å². The van der Waals surface area contributed by atoms with E-state index in [0.717, 1.165) is 42.6 Å². The standard InChI is InChI=1S/C21H24N2O2/c1-2-6-19(15-7-4-3-5-8-15)21(25)23-18-13-11-17(12-14-18)22-20(24)16-9-10-16/h3-5,7-8,11-14,16,19H,2,6,9-10H2,1H3,(H,22,24)(H,23,25). The maximum Gasteiger partial charge on any atom is 0.231 e. The third-order valence-corrected chi connectivity index (χ3v) is 4.46. The number of amides is 2. The van der Waals surface area contributed by atoms with Crippen molar-refractivity contribution in [2.24, 2.45) is 5.92 Å². The molecular weight excluding hydrogens is 312 g/mol. The molecule has 1 aliphatic carbocycles. The number of rotatable bonds is 7. The van der Waals surface area contributed by atoms with Gasteiger partial charge in [0, 0.05) is 17.3 Å². The first-order valence-electron chi connectivity index (χ1n) is 8.94. The highest BCUT2D eigenvalue weighted by Gasteiger charge is 2.29. The second kappa shape index (κ2) is 7.97. The van der Waals surface area contributed by atoms with Crippen LogP contribution >= 0.6 is 0 Å². The van der Waals surface area contributed by atoms with E-state index in [-0.39, 0.29) is 23.7 Å². The number of carbonyl (C=O) groups excluding carboxylic acids is 2. The quantitative estimate of drug-likeness (QED) is 0.779. The van der Waals surface area contributed by atoms with Gasteiger partial charge < -0.3 is 10.6 Å². The Kier molecular flexibility index (Phi) is 5.49. The minimum atomic E-state index is -0.152. The lowest BCUT2D eigenvalue weighted by atomic mass is 9.93. The van der Waals surface area contributed by atoms with Crippen molar-refractivity contribution in [1.29, 1.82) is 0 Å². The van der Waals surface area contributed by atoms with Crippen LogP contribution in [0.15, 0.2) is 54.6 Å². The minimum absolute atomic E-state index is 0.00261. The van der Waals surface area contributed by atoms with Gasteiger partial charge in [0.05, 0.1) is 5.92 Å². The molecule has 2 aromatic rings. The van der Waals surface area contributed by atoms with Gasteiger partial charge in [0.25, 0.3) is 0 Å². The Morgan fingerprint density at radius 1 is 0.960 bits per heavy atom. The zero-order valence-electron chi connectivity index (χ0n) is 14.5. The van der Waals surface area contributed by atoms with Crippen molar-refractivity contribution in [3.63, 3.8) is 0 Å². The zero-order valence-corrected chi connectivity index (χ0v) is 14.5. The first-order chi connectivity index (χ1) is 12.2. The van der Waals surface area contributed by atoms with Crippen LogP contribution in [0.25, 0.3) is 0 Å². The molecule has 2 N–H and O–H groups in total. The Balaban J connectivity index is 1.63. The van der Waals surface area contributed by atoms with Gasteiger partial charge in [0.15, 0.2) is 0 Å². The lowest BCUT2D eigenvalue weighted by Gasteiger charge is -2.17. The second-order valence-corrected chi connectivity index (χ2v) is 6.58. The van der Waals surface area contributed by atoms with Crippen molar-refractivity contribution in [3.05, 3.63) is 60.2 Å². The number of benzene rings is 2. The summed E-state index contributed by atoms with van der Waals surface area (Å²) in [5.41, 5.74) is 2.55. The maximum absolute atomic E-state index is 12.7. The van der Waals surface area contributed by atoms with E-state index in [2.05, 4.69) is 17.6 Å². The summed E-state index contributed by atoms with van der Waals surface area (Å²) in [6.45, 7) is 2.08. The van der Waals surface area contributed by atoms with E-state index in [0.29, 0.717) is 0 Å². The Morgan fingerprint density at radius 2 is 1.56 bits per heavy atom. The molecule has 0 heterocycles. The molecule has 4 heteroatoms. The zero-order chi connectivity index (χ0) is 17.6. The minimum Gasteiger partial charge on any atom is -0.326 e. The molecule has 0 aliphatic heterocycles. The first-order valence-corrected chi connectivity index (χ1v) is 8.94. The average molecular weight is 336 g/mol. The summed E-state index contributed by atoms with van der Waals surface area (Å²) in [5.74, 6) is 0.118. The molecule has 0 aromatic heterocycles. The predicted octanol–water partition coefficient (Wildman–Crippen LogP) is 4.56. The van der Waals surface area contributed by atoms with E-state index in [4.69, 9.17) is 0 Å². The Morgan fingerprint density at radius 3 is 2.12 bits per heavy atom. The highest BCUT2D eigenvalue weighted by Crippen LogP contribution is 2.30. The molecule has 25 heavy (non-hydrogen) atoms. The van der Waals surface area contributed by atoms with Gasteiger partial charge in [-0.05, 0) is 49.1 Å². The molecule has 1 saturated carbocycles. The highest BCUT2D eigenvalue weighted by molar-refractivity contribution is 5.97. The van der Waals surface area contributed by atoms with Crippen LogP contribution in [0.3, 0.4) is 0 Å². The lowest BCUT2D eigenvalue weighted by molar-refractivity contribution is -0.118. The van der Waals surface area contributed by atoms with Crippen LogP contribution in [-0.4, -0.2) is 11.8 Å². The molecular formula is C21H24N2O2. The molecule has 1 atom stereocenters. The summed E-state index contributed by atoms with van der Waals surface area (Å²) in [5, 5.41) is 5.89. The third kappa shape index (κ3) is 4.69. The van der Waals surface area contributed by atoms with E-state index in [1.807, 2.05) is 54.6 Å². The van der Waals surface area contributed by atoms with Crippen LogP contribution in [-0.2, 0) is 9.59 Å². The molecule has 1 aliphatic rings. The van der Waals surface area contributed by atoms with Crippen LogP contribution in [0.1, 0.15) is 44.1 Å². The second-order valence-electron chi connectivity index (χ2n) is 6.58. The third-order valence-electron chi connectivity index (χ3n) is 4.46. The SMILES string of the molecule is CCCC(C(=O)Nc1ccc(NC(=O)C2CC2)cc1)c1ccccc1. The monoisotopic (exact) mass is 336 g/mol. The average Bonchev–Trinajstić information content (AvgIpc) is 3.47. The molecule has 1 unspecified atom stereocenters. The van der Waals surface area contributed by atoms with Crippen LogP contribution in [0, 0.1) is 5.92 Å². The fourth-order valence-electron chi connectivity index (χ4n) is 2.88. The van der Waals surface area contributed by atoms with E-state index in [1.54, 1.807) is 0 Å². The normalized spacial score (nSPS) is 14.6. The largest absolute Gasteiger partial charge is 0.326 e. The Bertz CT molecular complexity index is 721. The summed E-state index contributed by atoms with van der Waals surface area (Å²) >= 11 is 0. The van der Waals surface area contributed by atoms with Crippen molar-refractivity contribution in [1.82, 2.24) is 0 Å². The van der Waals surface area contributed by atoms with Crippen molar-refractivity contribution in [3.8, 4) is 0 Å². The summed E-state index contributed by atoms with van der Waals surface area (Å²) in [6.07, 6.45) is 3.72. The van der Waals surface area contributed by atoms with Gasteiger partial charge >= 0.3 is 0 Å². The first kappa shape index (κ1) is 17.2. The van der Waals surface area contributed by atoms with Crippen LogP contribution in [0.2, 0.25) is 0 Å². The summed E-state index contributed by atoms with van der Waals surface area (Å²) in [7, 11) is 0. The van der Waals surface area contributed by atoms with Crippen LogP contribution in [0.5, 0.6) is 0 Å². The molecule has 2 aromatic carbocycles. The molecule has 0 bridgehead atoms. The van der Waals surface area contributed by atoms with Crippen LogP contribution in [0.4, 0.5) is 11.4 Å². The molecule has 0 saturated heterocycles. The van der Waals surface area contributed by atoms with Gasteiger partial charge in [-0.15, -0.1) is 0 Å². The van der Waals surface area contributed by atoms with E-state index >= 15 is 0 Å². The maximum atomic E-state index is 12.7. The number of hydrogen-bond acceptors (Lipinski definition) is 2. The van der Waals surface area contributed by atoms with E-state index in [1.165, 1.54) is 0 Å². The van der Waals surface area contributed by atoms with Gasteiger partial charge in [-0.2, -0.15) is 0 Å². The molecule has 130 valence electrons. The number of anilines is 2. The fourth-order valence-corrected chi connectivity index (χ4v) is 2.88. The molecule has 3 rings (SSSR count). The van der Waals surface area contributed by atoms with Crippen molar-refractivity contribution < 1.29 is 9.59 Å². The molecule has 0 radical (unpaired) electrons. The van der Waals surface area contributed by atoms with E-state index < -0.39 is 0 Å². The summed E-state index contributed by atoms with van der Waals surface area (Å²) in [4.78, 5) is 24.5. The predicted molar refractivity (Wildman–Crippen MR) is 101 cm³/mol. The fraction of sp³-hybridized carbons (Fsp3) is 0.333. The Hall–Kier alpha value is -2.62. The van der Waals surface area contributed by atoms with E-state index in [9.17, 15) is 9.59 Å². The summed E-state index contributed by atoms with van der Waals surface area (Å²) in [6, 6.07) is 17.2. The molecule has 2 amide bonds. The number of hydrogen-bond donors (Lipinski definition) is 2. The van der Waals surface area contributed by atoms with Crippen molar-refractivity contribution in [2.45, 2.75) is 38.5 Å². The lowest BCUT2D eigenvalue weighted by Crippen LogP contribution is -2.21. The molecule has 1 fully saturated rings. The van der Waals surface area contributed by atoms with Gasteiger partial charge in [0.1, 0.15) is 0 Å². The number of nitrogens with one attached hydrogen (secondary N) is 2. The van der Waals surface area contributed by atoms with Gasteiger partial charge in [0.2, 0.25) is 11.8 Å². The molecule has 4 nitrogen and oxygen atoms in total. The summed E-state index contributed by atoms with van der Waals surface area (Å²) < 4.78 is 0. The number of carbonyl (C=O) groups is 2. The van der Waals surface area contributed by atoms with Gasteiger partial charge in [-0.1, -0.05) is 43.7 Å². The highest BCUT2D eigenvalue weighted by atomic mass is 16.2.